The van der Waals surface area contributed by atoms with Crippen molar-refractivity contribution in [2.24, 2.45) is 0 Å². The molecule has 3 aromatic carbocycles. The van der Waals surface area contributed by atoms with Gasteiger partial charge in [0.2, 0.25) is 10.0 Å². The van der Waals surface area contributed by atoms with Crippen LogP contribution in [0.3, 0.4) is 0 Å². The smallest absolute Gasteiger partial charge is 0.508 e. The molecule has 0 aliphatic carbocycles. The van der Waals surface area contributed by atoms with Crippen molar-refractivity contribution in [1.82, 2.24) is 9.13 Å². The Balaban J connectivity index is 0.000000163. The Bertz CT molecular complexity index is 3250. The van der Waals surface area contributed by atoms with Gasteiger partial charge >= 0.3 is 25.6 Å². The SMILES string of the molecule is CS(=O)(=O)N(c1ccccc1)S(=O)(=O)C(F)(F)F.Cc1c2n(c(OC[C@@H]3COCCO3)cc1=O)CCc1cc(O)ccc1-2.Cc1c2n(c(OC[C@@H]3COCCO3)cc1=O)CCc1cc(OS(C)(=O)=O)ccc1-2. The van der Waals surface area contributed by atoms with Crippen LogP contribution in [0.2, 0.25) is 0 Å². The third kappa shape index (κ3) is 12.6. The highest BCUT2D eigenvalue weighted by Gasteiger charge is 2.53. The van der Waals surface area contributed by atoms with E-state index in [1.165, 1.54) is 24.3 Å². The first kappa shape index (κ1) is 53.8. The number of anilines is 1. The van der Waals surface area contributed by atoms with Gasteiger partial charge in [-0.2, -0.15) is 33.7 Å². The van der Waals surface area contributed by atoms with Crippen molar-refractivity contribution >= 4 is 35.9 Å². The summed E-state index contributed by atoms with van der Waals surface area (Å²) in [5.41, 5.74) is 0.297. The van der Waals surface area contributed by atoms with Crippen LogP contribution >= 0.6 is 0 Å². The van der Waals surface area contributed by atoms with E-state index in [-0.39, 0.29) is 34.6 Å². The van der Waals surface area contributed by atoms with E-state index < -0.39 is 45.1 Å². The molecule has 1 N–H and O–H groups in total. The molecule has 2 atom stereocenters. The Morgan fingerprint density at radius 1 is 0.681 bits per heavy atom. The molecule has 0 bridgehead atoms. The summed E-state index contributed by atoms with van der Waals surface area (Å²) in [7, 11) is -14.2. The number of sulfonamides is 2. The quantitative estimate of drug-likeness (QED) is 0.177. The maximum Gasteiger partial charge on any atom is 0.517 e. The Labute approximate surface area is 413 Å². The van der Waals surface area contributed by atoms with E-state index >= 15 is 0 Å². The number of pyridine rings is 2. The van der Waals surface area contributed by atoms with Crippen molar-refractivity contribution in [2.75, 3.05) is 69.1 Å². The molecule has 390 valence electrons. The van der Waals surface area contributed by atoms with Crippen LogP contribution in [-0.4, -0.2) is 123 Å². The maximum absolute atomic E-state index is 12.6. The lowest BCUT2D eigenvalue weighted by Crippen LogP contribution is -2.44. The molecule has 9 rings (SSSR count). The predicted molar refractivity (Wildman–Crippen MR) is 257 cm³/mol. The molecule has 2 aromatic heterocycles. The van der Waals surface area contributed by atoms with Gasteiger partial charge in [0, 0.05) is 47.5 Å². The molecular formula is C47H52F3N3O16S3. The number of rotatable bonds is 11. The predicted octanol–water partition coefficient (Wildman–Crippen LogP) is 4.69. The summed E-state index contributed by atoms with van der Waals surface area (Å²) < 4.78 is 147. The third-order valence-electron chi connectivity index (χ3n) is 11.5. The number of aromatic hydroxyl groups is 1. The fourth-order valence-electron chi connectivity index (χ4n) is 8.32. The number of para-hydroxylation sites is 1. The zero-order valence-corrected chi connectivity index (χ0v) is 41.9. The molecule has 2 fully saturated rings. The molecule has 5 aromatic rings. The van der Waals surface area contributed by atoms with Crippen LogP contribution in [0, 0.1) is 13.8 Å². The number of hydrogen-bond donors (Lipinski definition) is 1. The highest BCUT2D eigenvalue weighted by molar-refractivity contribution is 8.10. The van der Waals surface area contributed by atoms with Crippen molar-refractivity contribution < 1.29 is 76.1 Å². The third-order valence-corrected chi connectivity index (χ3v) is 15.5. The monoisotopic (exact) mass is 1070 g/mol. The number of benzene rings is 3. The number of aromatic nitrogens is 2. The summed E-state index contributed by atoms with van der Waals surface area (Å²) in [4.78, 5) is 25.0. The zero-order chi connectivity index (χ0) is 52.2. The lowest BCUT2D eigenvalue weighted by molar-refractivity contribution is -0.102. The van der Waals surface area contributed by atoms with E-state index in [0.717, 1.165) is 58.5 Å². The van der Waals surface area contributed by atoms with Gasteiger partial charge in [-0.25, -0.2) is 8.42 Å². The normalized spacial score (nSPS) is 17.5. The number of ether oxygens (including phenoxy) is 6. The average molecular weight is 1070 g/mol. The number of halogens is 3. The summed E-state index contributed by atoms with van der Waals surface area (Å²) in [5, 5.41) is 9.72. The molecule has 4 aliphatic heterocycles. The lowest BCUT2D eigenvalue weighted by atomic mass is 9.94. The topological polar surface area (TPSA) is 234 Å². The van der Waals surface area contributed by atoms with Crippen LogP contribution in [-0.2, 0) is 75.0 Å². The number of phenolic OH excluding ortho intramolecular Hbond substituents is 1. The van der Waals surface area contributed by atoms with Gasteiger partial charge in [-0.1, -0.05) is 18.2 Å². The number of alkyl halides is 3. The van der Waals surface area contributed by atoms with E-state index in [1.807, 2.05) is 22.1 Å². The fourth-order valence-corrected chi connectivity index (χ4v) is 11.5. The number of aryl methyl sites for hydroxylation is 2. The van der Waals surface area contributed by atoms with Gasteiger partial charge in [-0.15, -0.1) is 0 Å². The molecule has 0 spiro atoms. The fraction of sp³-hybridized carbons (Fsp3) is 0.404. The molecule has 0 amide bonds. The highest BCUT2D eigenvalue weighted by atomic mass is 32.3. The van der Waals surface area contributed by atoms with Crippen molar-refractivity contribution in [3.05, 3.63) is 122 Å². The number of nitrogens with zero attached hydrogens (tertiary/aromatic N) is 3. The van der Waals surface area contributed by atoms with Crippen LogP contribution in [0.5, 0.6) is 23.3 Å². The molecule has 0 radical (unpaired) electrons. The van der Waals surface area contributed by atoms with Gasteiger partial charge in [0.25, 0.3) is 0 Å². The number of hydrogen-bond acceptors (Lipinski definition) is 16. The van der Waals surface area contributed by atoms with Crippen molar-refractivity contribution in [3.63, 3.8) is 0 Å². The van der Waals surface area contributed by atoms with Crippen LogP contribution in [0.1, 0.15) is 22.3 Å². The molecule has 72 heavy (non-hydrogen) atoms. The molecule has 0 saturated carbocycles. The Hall–Kier alpha value is -5.96. The first-order valence-electron chi connectivity index (χ1n) is 22.3. The lowest BCUT2D eigenvalue weighted by Gasteiger charge is -2.28. The first-order chi connectivity index (χ1) is 33.9. The standard InChI is InChI=1S/C20H23NO7S.C19H21NO5.C8H8F3NO4S2/c1-13-18(22)10-19(27-12-16-11-25-7-8-26-16)21-6-5-14-9-15(28-29(2,23)24)3-4-17(14)20(13)21;1-12-17(22)9-18(25-11-15-10-23-6-7-24-15)20-5-4-13-8-14(21)2-3-16(13)19(12)20;1-17(13,14)12(7-5-3-2-4-6-7)18(15,16)8(9,10)11/h3-4,9-10,16H,5-8,11-12H2,1-2H3;2-3,8-9,15,21H,4-7,10-11H2,1H3;2-6H,1H3/t16-;15-;/m00./s1. The molecule has 25 heteroatoms. The van der Waals surface area contributed by atoms with Gasteiger partial charge in [-0.05, 0) is 86.3 Å². The van der Waals surface area contributed by atoms with E-state index in [2.05, 4.69) is 0 Å². The van der Waals surface area contributed by atoms with Gasteiger partial charge in [0.05, 0.1) is 69.2 Å². The second-order valence-electron chi connectivity index (χ2n) is 16.9. The minimum Gasteiger partial charge on any atom is -0.508 e. The van der Waals surface area contributed by atoms with Gasteiger partial charge in [0.15, 0.2) is 22.6 Å². The van der Waals surface area contributed by atoms with Gasteiger partial charge < -0.3 is 46.8 Å². The minimum absolute atomic E-state index is 0.0528. The van der Waals surface area contributed by atoms with Crippen molar-refractivity contribution in [3.8, 4) is 45.8 Å². The van der Waals surface area contributed by atoms with Crippen LogP contribution < -0.4 is 28.2 Å². The summed E-state index contributed by atoms with van der Waals surface area (Å²) in [5.74, 6) is 1.56. The summed E-state index contributed by atoms with van der Waals surface area (Å²) in [6.45, 7) is 8.83. The number of fused-ring (bicyclic) bond motifs is 6. The largest absolute Gasteiger partial charge is 0.517 e. The number of phenols is 1. The molecule has 0 unspecified atom stereocenters. The summed E-state index contributed by atoms with van der Waals surface area (Å²) >= 11 is 0. The summed E-state index contributed by atoms with van der Waals surface area (Å²) in [6.07, 6.45) is 2.54. The van der Waals surface area contributed by atoms with E-state index in [1.54, 1.807) is 43.3 Å². The zero-order valence-electron chi connectivity index (χ0n) is 39.4. The first-order valence-corrected chi connectivity index (χ1v) is 27.4. The van der Waals surface area contributed by atoms with E-state index in [0.29, 0.717) is 102 Å². The van der Waals surface area contributed by atoms with Gasteiger partial charge in [-0.3, -0.25) is 9.59 Å². The summed E-state index contributed by atoms with van der Waals surface area (Å²) in [6, 6.07) is 19.2. The van der Waals surface area contributed by atoms with Crippen LogP contribution in [0.4, 0.5) is 18.9 Å². The second kappa shape index (κ2) is 22.0. The minimum atomic E-state index is -6.00. The Morgan fingerprint density at radius 2 is 1.17 bits per heavy atom. The van der Waals surface area contributed by atoms with Crippen molar-refractivity contribution in [1.29, 1.82) is 0 Å². The van der Waals surface area contributed by atoms with E-state index in [4.69, 9.17) is 32.6 Å². The molecule has 2 saturated heterocycles. The second-order valence-corrected chi connectivity index (χ2v) is 22.3. The van der Waals surface area contributed by atoms with Gasteiger partial charge in [0.1, 0.15) is 36.9 Å². The van der Waals surface area contributed by atoms with Crippen LogP contribution in [0.25, 0.3) is 22.5 Å². The average Bonchev–Trinajstić information content (AvgIpc) is 3.32. The maximum atomic E-state index is 12.6. The molecule has 4 aliphatic rings. The van der Waals surface area contributed by atoms with Crippen LogP contribution in [0.15, 0.2) is 88.5 Å². The van der Waals surface area contributed by atoms with E-state index in [9.17, 15) is 53.1 Å². The molecule has 6 heterocycles. The Kier molecular flexibility index (Phi) is 16.5. The molecule has 19 nitrogen and oxygen atoms in total. The molecular weight excluding hydrogens is 1020 g/mol. The van der Waals surface area contributed by atoms with Crippen molar-refractivity contribution in [2.45, 2.75) is 57.5 Å². The Morgan fingerprint density at radius 3 is 1.61 bits per heavy atom. The highest BCUT2D eigenvalue weighted by Crippen LogP contribution is 2.38.